The number of isothiocyanates is 1. The molecule has 1 heterocycles. The predicted molar refractivity (Wildman–Crippen MR) is 43.6 cm³/mol. The molecule has 0 aromatic carbocycles. The zero-order valence-electron chi connectivity index (χ0n) is 5.48. The van der Waals surface area contributed by atoms with Crippen molar-refractivity contribution in [1.82, 2.24) is 4.98 Å². The Labute approximate surface area is 69.0 Å². The van der Waals surface area contributed by atoms with E-state index in [4.69, 9.17) is 5.26 Å². The summed E-state index contributed by atoms with van der Waals surface area (Å²) in [5.41, 5.74) is 0.407. The number of aromatic nitrogens is 1. The molecule has 1 aromatic heterocycles. The van der Waals surface area contributed by atoms with Crippen molar-refractivity contribution in [3.63, 3.8) is 0 Å². The zero-order valence-corrected chi connectivity index (χ0v) is 6.30. The topological polar surface area (TPSA) is 49.0 Å². The molecule has 0 amide bonds. The van der Waals surface area contributed by atoms with E-state index in [1.807, 2.05) is 6.07 Å². The monoisotopic (exact) mass is 161 g/mol. The van der Waals surface area contributed by atoms with Crippen LogP contribution in [0.2, 0.25) is 0 Å². The molecule has 1 aromatic rings. The molecule has 11 heavy (non-hydrogen) atoms. The highest BCUT2D eigenvalue weighted by Crippen LogP contribution is 2.11. The Kier molecular flexibility index (Phi) is 2.45. The molecule has 0 spiro atoms. The minimum atomic E-state index is 0.324. The van der Waals surface area contributed by atoms with Crippen LogP contribution < -0.4 is 0 Å². The molecule has 0 aliphatic heterocycles. The normalized spacial score (nSPS) is 7.91. The van der Waals surface area contributed by atoms with Gasteiger partial charge in [0.2, 0.25) is 0 Å². The lowest BCUT2D eigenvalue weighted by molar-refractivity contribution is 1.26. The number of nitrogens with zero attached hydrogens (tertiary/aromatic N) is 3. The molecule has 0 atom stereocenters. The van der Waals surface area contributed by atoms with Crippen LogP contribution in [-0.2, 0) is 0 Å². The summed E-state index contributed by atoms with van der Waals surface area (Å²) in [6.45, 7) is 0. The second kappa shape index (κ2) is 3.57. The first-order valence-electron chi connectivity index (χ1n) is 2.81. The molecule has 0 radical (unpaired) electrons. The van der Waals surface area contributed by atoms with Crippen molar-refractivity contribution in [3.8, 4) is 6.07 Å². The van der Waals surface area contributed by atoms with Gasteiger partial charge in [-0.25, -0.2) is 4.98 Å². The molecule has 52 valence electrons. The average Bonchev–Trinajstić information content (AvgIpc) is 2.06. The molecule has 4 heteroatoms. The number of pyridine rings is 1. The number of rotatable bonds is 1. The third-order valence-corrected chi connectivity index (χ3v) is 1.15. The van der Waals surface area contributed by atoms with E-state index in [1.165, 1.54) is 0 Å². The van der Waals surface area contributed by atoms with Gasteiger partial charge < -0.3 is 0 Å². The van der Waals surface area contributed by atoms with Crippen molar-refractivity contribution in [2.24, 2.45) is 4.99 Å². The summed E-state index contributed by atoms with van der Waals surface area (Å²) in [6, 6.07) is 5.23. The summed E-state index contributed by atoms with van der Waals surface area (Å²) in [4.78, 5) is 7.43. The van der Waals surface area contributed by atoms with Gasteiger partial charge in [0.15, 0.2) is 5.82 Å². The van der Waals surface area contributed by atoms with E-state index < -0.39 is 0 Å². The van der Waals surface area contributed by atoms with Gasteiger partial charge in [-0.15, -0.1) is 0 Å². The number of nitriles is 1. The summed E-state index contributed by atoms with van der Waals surface area (Å²) in [5.74, 6) is 0.324. The molecular weight excluding hydrogens is 158 g/mol. The van der Waals surface area contributed by atoms with Gasteiger partial charge in [0, 0.05) is 6.20 Å². The van der Waals surface area contributed by atoms with Gasteiger partial charge >= 0.3 is 0 Å². The van der Waals surface area contributed by atoms with Gasteiger partial charge in [-0.2, -0.15) is 10.3 Å². The van der Waals surface area contributed by atoms with Gasteiger partial charge in [0.05, 0.1) is 10.7 Å². The van der Waals surface area contributed by atoms with E-state index in [-0.39, 0.29) is 0 Å². The standard InChI is InChI=1S/C7H3N3S/c8-4-6-2-1-3-9-7(6)10-5-11/h1-3H. The zero-order chi connectivity index (χ0) is 8.10. The van der Waals surface area contributed by atoms with E-state index in [2.05, 4.69) is 27.4 Å². The van der Waals surface area contributed by atoms with Crippen molar-refractivity contribution >= 4 is 23.2 Å². The predicted octanol–water partition coefficient (Wildman–Crippen LogP) is 1.69. The molecule has 0 N–H and O–H groups in total. The van der Waals surface area contributed by atoms with Gasteiger partial charge in [-0.3, -0.25) is 0 Å². The molecule has 0 aliphatic rings. The fourth-order valence-electron chi connectivity index (χ4n) is 0.617. The Morgan fingerprint density at radius 1 is 1.64 bits per heavy atom. The lowest BCUT2D eigenvalue weighted by atomic mass is 10.3. The summed E-state index contributed by atoms with van der Waals surface area (Å²) < 4.78 is 0. The lowest BCUT2D eigenvalue weighted by Crippen LogP contribution is -1.78. The minimum Gasteiger partial charge on any atom is -0.235 e. The van der Waals surface area contributed by atoms with Crippen LogP contribution in [0, 0.1) is 11.3 Å². The average molecular weight is 161 g/mol. The highest BCUT2D eigenvalue weighted by atomic mass is 32.1. The Hall–Kier alpha value is -1.56. The van der Waals surface area contributed by atoms with Crippen molar-refractivity contribution in [2.45, 2.75) is 0 Å². The Morgan fingerprint density at radius 2 is 2.45 bits per heavy atom. The molecule has 0 aliphatic carbocycles. The van der Waals surface area contributed by atoms with Crippen molar-refractivity contribution in [2.75, 3.05) is 0 Å². The quantitative estimate of drug-likeness (QED) is 0.465. The van der Waals surface area contributed by atoms with Crippen molar-refractivity contribution in [1.29, 1.82) is 5.26 Å². The number of aliphatic imine (C=N–C) groups is 1. The fraction of sp³-hybridized carbons (Fsp3) is 0. The fourth-order valence-corrected chi connectivity index (χ4v) is 0.703. The Balaban J connectivity index is 3.25. The molecule has 0 fully saturated rings. The summed E-state index contributed by atoms with van der Waals surface area (Å²) in [7, 11) is 0. The maximum Gasteiger partial charge on any atom is 0.180 e. The maximum absolute atomic E-state index is 8.53. The largest absolute Gasteiger partial charge is 0.235 e. The summed E-state index contributed by atoms with van der Waals surface area (Å²) >= 11 is 4.38. The Morgan fingerprint density at radius 3 is 3.09 bits per heavy atom. The van der Waals surface area contributed by atoms with Crippen LogP contribution in [0.25, 0.3) is 0 Å². The van der Waals surface area contributed by atoms with Crippen LogP contribution in [0.4, 0.5) is 5.82 Å². The van der Waals surface area contributed by atoms with Crippen LogP contribution >= 0.6 is 12.2 Å². The van der Waals surface area contributed by atoms with Gasteiger partial charge in [0.25, 0.3) is 0 Å². The molecule has 0 saturated heterocycles. The van der Waals surface area contributed by atoms with Crippen molar-refractivity contribution in [3.05, 3.63) is 23.9 Å². The van der Waals surface area contributed by atoms with Crippen LogP contribution in [0.5, 0.6) is 0 Å². The SMILES string of the molecule is N#Cc1cccnc1N=C=S. The minimum absolute atomic E-state index is 0.324. The second-order valence-electron chi connectivity index (χ2n) is 1.69. The number of hydrogen-bond donors (Lipinski definition) is 0. The van der Waals surface area contributed by atoms with E-state index in [0.717, 1.165) is 0 Å². The molecule has 3 nitrogen and oxygen atoms in total. The van der Waals surface area contributed by atoms with E-state index in [0.29, 0.717) is 11.4 Å². The van der Waals surface area contributed by atoms with E-state index in [1.54, 1.807) is 18.3 Å². The van der Waals surface area contributed by atoms with Crippen LogP contribution in [0.3, 0.4) is 0 Å². The van der Waals surface area contributed by atoms with Crippen LogP contribution in [0.1, 0.15) is 5.56 Å². The number of thiocarbonyl (C=S) groups is 1. The first-order chi connectivity index (χ1) is 5.38. The first kappa shape index (κ1) is 7.55. The van der Waals surface area contributed by atoms with Crippen LogP contribution in [-0.4, -0.2) is 10.1 Å². The van der Waals surface area contributed by atoms with Gasteiger partial charge in [0.1, 0.15) is 6.07 Å². The highest BCUT2D eigenvalue weighted by molar-refractivity contribution is 7.78. The second-order valence-corrected chi connectivity index (χ2v) is 1.87. The highest BCUT2D eigenvalue weighted by Gasteiger charge is 1.97. The van der Waals surface area contributed by atoms with E-state index >= 15 is 0 Å². The van der Waals surface area contributed by atoms with Crippen LogP contribution in [0.15, 0.2) is 23.3 Å². The molecule has 0 bridgehead atoms. The molecular formula is C7H3N3S. The maximum atomic E-state index is 8.53. The van der Waals surface area contributed by atoms with Gasteiger partial charge in [-0.1, -0.05) is 0 Å². The van der Waals surface area contributed by atoms with E-state index in [9.17, 15) is 0 Å². The Bertz CT molecular complexity index is 347. The first-order valence-corrected chi connectivity index (χ1v) is 3.22. The summed E-state index contributed by atoms with van der Waals surface area (Å²) in [5, 5.41) is 10.7. The summed E-state index contributed by atoms with van der Waals surface area (Å²) in [6.07, 6.45) is 1.55. The smallest absolute Gasteiger partial charge is 0.180 e. The molecule has 0 unspecified atom stereocenters. The molecule has 1 rings (SSSR count). The van der Waals surface area contributed by atoms with Gasteiger partial charge in [-0.05, 0) is 24.4 Å². The lowest BCUT2D eigenvalue weighted by Gasteiger charge is -1.89. The number of hydrogen-bond acceptors (Lipinski definition) is 4. The third-order valence-electron chi connectivity index (χ3n) is 1.06. The molecule has 0 saturated carbocycles. The third kappa shape index (κ3) is 1.68. The van der Waals surface area contributed by atoms with Crippen molar-refractivity contribution < 1.29 is 0 Å².